The summed E-state index contributed by atoms with van der Waals surface area (Å²) >= 11 is 0. The lowest BCUT2D eigenvalue weighted by Gasteiger charge is -2.38. The summed E-state index contributed by atoms with van der Waals surface area (Å²) in [6, 6.07) is 14.9. The number of nitrogens with zero attached hydrogens (tertiary/aromatic N) is 4. The van der Waals surface area contributed by atoms with Gasteiger partial charge in [0.1, 0.15) is 0 Å². The Kier molecular flexibility index (Phi) is 6.47. The average molecular weight is 433 g/mol. The minimum absolute atomic E-state index is 0.489. The van der Waals surface area contributed by atoms with E-state index in [1.165, 1.54) is 16.9 Å². The minimum atomic E-state index is -5.08. The maximum Gasteiger partial charge on any atom is 0.490 e. The van der Waals surface area contributed by atoms with Crippen molar-refractivity contribution >= 4 is 33.9 Å². The number of aromatic nitrogens is 2. The van der Waals surface area contributed by atoms with Crippen molar-refractivity contribution in [2.45, 2.75) is 13.1 Å². The summed E-state index contributed by atoms with van der Waals surface area (Å²) in [5.74, 6) is -2.27. The predicted molar refractivity (Wildman–Crippen MR) is 113 cm³/mol. The molecule has 164 valence electrons. The first-order valence-corrected chi connectivity index (χ1v) is 9.53. The second-order valence-corrected chi connectivity index (χ2v) is 7.06. The lowest BCUT2D eigenvalue weighted by molar-refractivity contribution is -0.192. The SMILES string of the molecule is Cc1ccccc1N1CCN(c2ccc3c(N)nncc3c2)CC1.O=C(O)C(F)(F)F. The van der Waals surface area contributed by atoms with E-state index >= 15 is 0 Å². The zero-order chi connectivity index (χ0) is 22.6. The number of aliphatic carboxylic acids is 1. The van der Waals surface area contributed by atoms with Crippen LogP contribution in [0.25, 0.3) is 10.8 Å². The number of halogens is 3. The fraction of sp³-hybridized carbons (Fsp3) is 0.286. The summed E-state index contributed by atoms with van der Waals surface area (Å²) in [5.41, 5.74) is 9.79. The summed E-state index contributed by atoms with van der Waals surface area (Å²) in [4.78, 5) is 13.8. The molecule has 31 heavy (non-hydrogen) atoms. The lowest BCUT2D eigenvalue weighted by Crippen LogP contribution is -2.46. The number of nitrogen functional groups attached to an aromatic ring is 1. The molecule has 1 saturated heterocycles. The molecule has 0 amide bonds. The smallest absolute Gasteiger partial charge is 0.475 e. The number of rotatable bonds is 2. The van der Waals surface area contributed by atoms with E-state index in [1.807, 2.05) is 6.07 Å². The van der Waals surface area contributed by atoms with Gasteiger partial charge in [-0.15, -0.1) is 5.10 Å². The molecular formula is C21H22F3N5O2. The topological polar surface area (TPSA) is 95.6 Å². The Bertz CT molecular complexity index is 1070. The summed E-state index contributed by atoms with van der Waals surface area (Å²) in [7, 11) is 0. The number of benzene rings is 2. The summed E-state index contributed by atoms with van der Waals surface area (Å²) in [5, 5.41) is 17.0. The first-order chi connectivity index (χ1) is 14.7. The zero-order valence-corrected chi connectivity index (χ0v) is 16.8. The van der Waals surface area contributed by atoms with Crippen LogP contribution in [0.5, 0.6) is 0 Å². The van der Waals surface area contributed by atoms with Crippen LogP contribution in [-0.2, 0) is 4.79 Å². The summed E-state index contributed by atoms with van der Waals surface area (Å²) in [6.45, 7) is 6.25. The molecular weight excluding hydrogens is 411 g/mol. The Hall–Kier alpha value is -3.56. The number of alkyl halides is 3. The minimum Gasteiger partial charge on any atom is -0.475 e. The van der Waals surface area contributed by atoms with Gasteiger partial charge in [-0.05, 0) is 36.8 Å². The molecule has 7 nitrogen and oxygen atoms in total. The van der Waals surface area contributed by atoms with E-state index in [0.29, 0.717) is 5.82 Å². The maximum absolute atomic E-state index is 10.6. The van der Waals surface area contributed by atoms with Crippen molar-refractivity contribution in [3.05, 3.63) is 54.2 Å². The van der Waals surface area contributed by atoms with E-state index in [4.69, 9.17) is 15.6 Å². The van der Waals surface area contributed by atoms with Gasteiger partial charge in [-0.2, -0.15) is 18.3 Å². The predicted octanol–water partition coefficient (Wildman–Crippen LogP) is 3.48. The number of aryl methyl sites for hydroxylation is 1. The Morgan fingerprint density at radius 3 is 2.29 bits per heavy atom. The van der Waals surface area contributed by atoms with Crippen molar-refractivity contribution < 1.29 is 23.1 Å². The number of hydrogen-bond donors (Lipinski definition) is 2. The monoisotopic (exact) mass is 433 g/mol. The van der Waals surface area contributed by atoms with Crippen LogP contribution in [-0.4, -0.2) is 53.6 Å². The maximum atomic E-state index is 10.6. The van der Waals surface area contributed by atoms with Crippen LogP contribution in [0.4, 0.5) is 30.4 Å². The molecule has 1 aromatic heterocycles. The third-order valence-corrected chi connectivity index (χ3v) is 5.02. The Morgan fingerprint density at radius 1 is 1.06 bits per heavy atom. The standard InChI is InChI=1S/C19H21N5.C2HF3O2/c1-14-4-2-3-5-18(14)24-10-8-23(9-11-24)16-6-7-17-15(12-16)13-21-22-19(17)20;3-2(4,5)1(6)7/h2-7,12-13H,8-11H2,1H3,(H2,20,22);(H,6,7). The van der Waals surface area contributed by atoms with Crippen molar-refractivity contribution in [1.29, 1.82) is 0 Å². The van der Waals surface area contributed by atoms with E-state index in [-0.39, 0.29) is 0 Å². The number of nitrogens with two attached hydrogens (primary N) is 1. The van der Waals surface area contributed by atoms with Crippen molar-refractivity contribution in [3.8, 4) is 0 Å². The molecule has 0 radical (unpaired) electrons. The largest absolute Gasteiger partial charge is 0.490 e. The number of carboxylic acid groups (broad SMARTS) is 1. The third kappa shape index (κ3) is 5.33. The van der Waals surface area contributed by atoms with Crippen molar-refractivity contribution in [3.63, 3.8) is 0 Å². The second kappa shape index (κ2) is 9.07. The van der Waals surface area contributed by atoms with Crippen LogP contribution >= 0.6 is 0 Å². The molecule has 2 aromatic carbocycles. The molecule has 0 atom stereocenters. The first kappa shape index (κ1) is 22.1. The molecule has 0 bridgehead atoms. The molecule has 1 aliphatic heterocycles. The van der Waals surface area contributed by atoms with E-state index in [0.717, 1.165) is 37.0 Å². The van der Waals surface area contributed by atoms with E-state index in [9.17, 15) is 13.2 Å². The summed E-state index contributed by atoms with van der Waals surface area (Å²) < 4.78 is 31.7. The van der Waals surface area contributed by atoms with Crippen LogP contribution in [0.3, 0.4) is 0 Å². The Morgan fingerprint density at radius 2 is 1.68 bits per heavy atom. The van der Waals surface area contributed by atoms with E-state index in [2.05, 4.69) is 63.3 Å². The molecule has 0 aliphatic carbocycles. The molecule has 1 fully saturated rings. The van der Waals surface area contributed by atoms with Crippen molar-refractivity contribution in [2.75, 3.05) is 41.7 Å². The number of anilines is 3. The number of fused-ring (bicyclic) bond motifs is 1. The third-order valence-electron chi connectivity index (χ3n) is 5.02. The van der Waals surface area contributed by atoms with Crippen LogP contribution in [0.2, 0.25) is 0 Å². The van der Waals surface area contributed by atoms with Gasteiger partial charge in [0.05, 0.1) is 6.20 Å². The number of piperazine rings is 1. The molecule has 0 unspecified atom stereocenters. The highest BCUT2D eigenvalue weighted by Gasteiger charge is 2.38. The van der Waals surface area contributed by atoms with Gasteiger partial charge in [0.2, 0.25) is 0 Å². The van der Waals surface area contributed by atoms with E-state index in [1.54, 1.807) is 6.20 Å². The number of para-hydroxylation sites is 1. The molecule has 3 aromatic rings. The highest BCUT2D eigenvalue weighted by atomic mass is 19.4. The number of carbonyl (C=O) groups is 1. The first-order valence-electron chi connectivity index (χ1n) is 9.53. The summed E-state index contributed by atoms with van der Waals surface area (Å²) in [6.07, 6.45) is -3.31. The molecule has 3 N–H and O–H groups in total. The van der Waals surface area contributed by atoms with Gasteiger partial charge < -0.3 is 20.6 Å². The van der Waals surface area contributed by atoms with Gasteiger partial charge in [-0.25, -0.2) is 4.79 Å². The Balaban J connectivity index is 0.000000339. The fourth-order valence-electron chi connectivity index (χ4n) is 3.42. The Labute approximate surface area is 176 Å². The molecule has 4 rings (SSSR count). The van der Waals surface area contributed by atoms with Crippen LogP contribution < -0.4 is 15.5 Å². The van der Waals surface area contributed by atoms with Gasteiger partial charge in [0.15, 0.2) is 5.82 Å². The van der Waals surface area contributed by atoms with Crippen molar-refractivity contribution in [1.82, 2.24) is 10.2 Å². The molecule has 10 heteroatoms. The molecule has 1 aliphatic rings. The normalized spacial score (nSPS) is 14.2. The van der Waals surface area contributed by atoms with Crippen molar-refractivity contribution in [2.24, 2.45) is 0 Å². The highest BCUT2D eigenvalue weighted by Crippen LogP contribution is 2.27. The van der Waals surface area contributed by atoms with Gasteiger partial charge >= 0.3 is 12.1 Å². The number of carboxylic acids is 1. The number of hydrogen-bond acceptors (Lipinski definition) is 6. The van der Waals surface area contributed by atoms with Crippen LogP contribution in [0, 0.1) is 6.92 Å². The lowest BCUT2D eigenvalue weighted by atomic mass is 10.1. The molecule has 2 heterocycles. The fourth-order valence-corrected chi connectivity index (χ4v) is 3.42. The molecule has 0 spiro atoms. The van der Waals surface area contributed by atoms with Gasteiger partial charge in [0, 0.05) is 48.3 Å². The second-order valence-electron chi connectivity index (χ2n) is 7.06. The van der Waals surface area contributed by atoms with Crippen LogP contribution in [0.15, 0.2) is 48.7 Å². The van der Waals surface area contributed by atoms with Gasteiger partial charge in [-0.1, -0.05) is 18.2 Å². The van der Waals surface area contributed by atoms with Gasteiger partial charge in [-0.3, -0.25) is 0 Å². The average Bonchev–Trinajstić information content (AvgIpc) is 2.74. The zero-order valence-electron chi connectivity index (χ0n) is 16.8. The van der Waals surface area contributed by atoms with E-state index < -0.39 is 12.1 Å². The quantitative estimate of drug-likeness (QED) is 0.639. The molecule has 0 saturated carbocycles. The van der Waals surface area contributed by atoms with Crippen LogP contribution in [0.1, 0.15) is 5.56 Å². The highest BCUT2D eigenvalue weighted by molar-refractivity contribution is 5.92. The van der Waals surface area contributed by atoms with Gasteiger partial charge in [0.25, 0.3) is 0 Å².